The molecule has 2 aliphatic carbocycles. The molecule has 0 fully saturated rings. The van der Waals surface area contributed by atoms with Crippen molar-refractivity contribution in [1.29, 1.82) is 10.5 Å². The molecule has 0 aliphatic heterocycles. The Morgan fingerprint density at radius 2 is 0.964 bits per heavy atom. The number of hydrogen-bond donors (Lipinski definition) is 0. The number of allylic oxidation sites excluding steroid dienone is 6. The zero-order valence-electron chi connectivity index (χ0n) is 28.7. The van der Waals surface area contributed by atoms with E-state index >= 15 is 0 Å². The maximum Gasteiger partial charge on any atom is 0.573 e. The Kier molecular flexibility index (Phi) is 9.36. The van der Waals surface area contributed by atoms with Crippen molar-refractivity contribution in [2.24, 2.45) is 0 Å². The van der Waals surface area contributed by atoms with Gasteiger partial charge in [0.05, 0.1) is 25.3 Å². The van der Waals surface area contributed by atoms with Gasteiger partial charge in [0, 0.05) is 11.1 Å². The summed E-state index contributed by atoms with van der Waals surface area (Å²) in [5.41, 5.74) is 0.167. The van der Waals surface area contributed by atoms with Crippen LogP contribution in [0.3, 0.4) is 0 Å². The number of nitriles is 2. The van der Waals surface area contributed by atoms with E-state index < -0.39 is 53.3 Å². The fourth-order valence-electron chi connectivity index (χ4n) is 6.88. The largest absolute Gasteiger partial charge is 0.573 e. The summed E-state index contributed by atoms with van der Waals surface area (Å²) in [5.74, 6) is -3.14. The zero-order valence-corrected chi connectivity index (χ0v) is 28.7. The summed E-state index contributed by atoms with van der Waals surface area (Å²) in [5, 5.41) is 20.5. The number of rotatable bonds is 5. The summed E-state index contributed by atoms with van der Waals surface area (Å²) in [7, 11) is 0. The molecule has 0 aromatic heterocycles. The van der Waals surface area contributed by atoms with Gasteiger partial charge in [-0.25, -0.2) is 20.2 Å². The van der Waals surface area contributed by atoms with Gasteiger partial charge in [-0.2, -0.15) is 0 Å². The minimum atomic E-state index is -5.47. The molecule has 0 saturated heterocycles. The Balaban J connectivity index is 1.76. The highest BCUT2D eigenvalue weighted by Crippen LogP contribution is 2.63. The van der Waals surface area contributed by atoms with Gasteiger partial charge in [0.15, 0.2) is 11.5 Å². The molecule has 280 valence electrons. The molecule has 6 rings (SSSR count). The van der Waals surface area contributed by atoms with Gasteiger partial charge in [-0.05, 0) is 111 Å². The lowest BCUT2D eigenvalue weighted by Gasteiger charge is -2.21. The summed E-state index contributed by atoms with van der Waals surface area (Å²) in [6.45, 7) is 19.8. The number of benzene rings is 4. The molecular formula is C40H19F9N4O3. The zero-order chi connectivity index (χ0) is 41.1. The molecular weight excluding hydrogens is 755 g/mol. The summed E-state index contributed by atoms with van der Waals surface area (Å²) in [6.07, 6.45) is -15.9. The summed E-state index contributed by atoms with van der Waals surface area (Å²) in [4.78, 5) is 6.82. The van der Waals surface area contributed by atoms with Crippen LogP contribution in [0.15, 0.2) is 72.1 Å². The van der Waals surface area contributed by atoms with Crippen LogP contribution in [-0.2, 0) is 0 Å². The predicted octanol–water partition coefficient (Wildman–Crippen LogP) is 11.9. The Labute approximate surface area is 311 Å². The molecule has 0 heterocycles. The highest BCUT2D eigenvalue weighted by atomic mass is 19.4. The predicted molar refractivity (Wildman–Crippen MR) is 183 cm³/mol. The van der Waals surface area contributed by atoms with Crippen LogP contribution >= 0.6 is 0 Å². The molecule has 0 atom stereocenters. The molecule has 2 aliphatic rings. The number of hydrogen-bond acceptors (Lipinski definition) is 5. The molecule has 56 heavy (non-hydrogen) atoms. The average molecular weight is 775 g/mol. The first-order valence-electron chi connectivity index (χ1n) is 15.8. The van der Waals surface area contributed by atoms with Crippen molar-refractivity contribution in [2.45, 2.75) is 39.9 Å². The van der Waals surface area contributed by atoms with E-state index in [1.54, 1.807) is 13.0 Å². The maximum absolute atomic E-state index is 13.6. The summed E-state index contributed by atoms with van der Waals surface area (Å²) in [6, 6.07) is 16.9. The molecule has 0 amide bonds. The fourth-order valence-corrected chi connectivity index (χ4v) is 6.88. The van der Waals surface area contributed by atoms with Gasteiger partial charge in [0.1, 0.15) is 5.75 Å². The smallest absolute Gasteiger partial charge is 0.405 e. The van der Waals surface area contributed by atoms with Gasteiger partial charge >= 0.3 is 19.1 Å². The monoisotopic (exact) mass is 774 g/mol. The quantitative estimate of drug-likeness (QED) is 0.115. The molecule has 4 aromatic rings. The number of halogens is 9. The van der Waals surface area contributed by atoms with Crippen LogP contribution in [0.25, 0.3) is 54.2 Å². The fraction of sp³-hybridized carbons (Fsp3) is 0.150. The first kappa shape index (κ1) is 38.6. The highest BCUT2D eigenvalue weighted by molar-refractivity contribution is 6.39. The molecule has 0 radical (unpaired) electrons. The van der Waals surface area contributed by atoms with Gasteiger partial charge in [-0.15, -0.1) is 39.5 Å². The number of fused-ring (bicyclic) bond motifs is 4. The normalized spacial score (nSPS) is 15.1. The SMILES string of the molecule is [C-]#[N+]/C(C#N)=C1C2=C(/C(=C(\C#N)[N+]#[C-])c3cccc(-c4cc(C)c(OC(F)(F)F)c(OC(F)(F)F)c4)c32)c2c\1cccc2-c1cc(C)c(C)c(OC(F)(F)F)c1. The van der Waals surface area contributed by atoms with E-state index in [-0.39, 0.29) is 72.4 Å². The third-order valence-electron chi connectivity index (χ3n) is 8.98. The lowest BCUT2D eigenvalue weighted by atomic mass is 9.85. The van der Waals surface area contributed by atoms with E-state index in [1.807, 2.05) is 12.1 Å². The number of alkyl halides is 9. The second kappa shape index (κ2) is 13.6. The Morgan fingerprint density at radius 1 is 0.571 bits per heavy atom. The second-order valence-electron chi connectivity index (χ2n) is 12.3. The lowest BCUT2D eigenvalue weighted by Crippen LogP contribution is -2.22. The van der Waals surface area contributed by atoms with E-state index in [1.165, 1.54) is 43.3 Å². The molecule has 7 nitrogen and oxygen atoms in total. The van der Waals surface area contributed by atoms with Crippen molar-refractivity contribution in [3.63, 3.8) is 0 Å². The molecule has 16 heteroatoms. The maximum atomic E-state index is 13.6. The Morgan fingerprint density at radius 3 is 1.38 bits per heavy atom. The second-order valence-corrected chi connectivity index (χ2v) is 12.3. The van der Waals surface area contributed by atoms with Crippen molar-refractivity contribution in [3.8, 4) is 51.6 Å². The molecule has 4 aromatic carbocycles. The van der Waals surface area contributed by atoms with Gasteiger partial charge in [0.25, 0.3) is 11.4 Å². The van der Waals surface area contributed by atoms with Crippen LogP contribution in [0, 0.1) is 56.6 Å². The molecule has 0 bridgehead atoms. The molecule has 0 unspecified atom stereocenters. The van der Waals surface area contributed by atoms with E-state index in [9.17, 15) is 50.0 Å². The minimum Gasteiger partial charge on any atom is -0.405 e. The van der Waals surface area contributed by atoms with Crippen molar-refractivity contribution in [2.75, 3.05) is 0 Å². The van der Waals surface area contributed by atoms with Crippen LogP contribution in [0.5, 0.6) is 17.2 Å². The van der Waals surface area contributed by atoms with Crippen LogP contribution < -0.4 is 14.2 Å². The van der Waals surface area contributed by atoms with Gasteiger partial charge in [0.2, 0.25) is 0 Å². The van der Waals surface area contributed by atoms with E-state index in [2.05, 4.69) is 23.9 Å². The van der Waals surface area contributed by atoms with Crippen molar-refractivity contribution < 1.29 is 53.7 Å². The topological polar surface area (TPSA) is 84.0 Å². The summed E-state index contributed by atoms with van der Waals surface area (Å²) < 4.78 is 133. The van der Waals surface area contributed by atoms with Gasteiger partial charge < -0.3 is 14.2 Å². The van der Waals surface area contributed by atoms with Crippen molar-refractivity contribution in [3.05, 3.63) is 134 Å². The van der Waals surface area contributed by atoms with Crippen LogP contribution in [0.2, 0.25) is 0 Å². The van der Waals surface area contributed by atoms with E-state index in [0.717, 1.165) is 19.1 Å². The Hall–Kier alpha value is -7.17. The minimum absolute atomic E-state index is 0.0297. The van der Waals surface area contributed by atoms with Crippen molar-refractivity contribution >= 4 is 22.3 Å². The van der Waals surface area contributed by atoms with E-state index in [0.29, 0.717) is 11.6 Å². The Bertz CT molecular complexity index is 2620. The van der Waals surface area contributed by atoms with Gasteiger partial charge in [-0.1, -0.05) is 42.5 Å². The number of nitrogens with zero attached hydrogens (tertiary/aromatic N) is 4. The third-order valence-corrected chi connectivity index (χ3v) is 8.98. The first-order valence-corrected chi connectivity index (χ1v) is 15.8. The van der Waals surface area contributed by atoms with Gasteiger partial charge in [-0.3, -0.25) is 0 Å². The van der Waals surface area contributed by atoms with Crippen LogP contribution in [-0.4, -0.2) is 19.1 Å². The number of ether oxygens (including phenoxy) is 3. The number of aryl methyl sites for hydroxylation is 2. The highest BCUT2D eigenvalue weighted by Gasteiger charge is 2.43. The third kappa shape index (κ3) is 6.85. The molecule has 0 saturated carbocycles. The molecule has 0 N–H and O–H groups in total. The van der Waals surface area contributed by atoms with Crippen molar-refractivity contribution in [1.82, 2.24) is 0 Å². The van der Waals surface area contributed by atoms with Crippen LogP contribution in [0.1, 0.15) is 38.9 Å². The van der Waals surface area contributed by atoms with E-state index in [4.69, 9.17) is 13.1 Å². The molecule has 0 spiro atoms. The first-order chi connectivity index (χ1) is 26.2. The average Bonchev–Trinajstić information content (AvgIpc) is 3.61. The summed E-state index contributed by atoms with van der Waals surface area (Å²) >= 11 is 0. The standard InChI is InChI=1S/C40H19F9N4O3/c1-18-12-21(14-29(20(18)3)54-38(41,42)43)23-8-6-10-25-31(23)35-34(28(17-51)53-5)26-11-7-9-24(32(26)36(35)33(25)27(16-50)52-4)22-13-19(2)37(56-40(47,48)49)30(15-22)55-39(44,45)46/h6-15H,1-3H3/b33-27-,34-28+. The van der Waals surface area contributed by atoms with Crippen LogP contribution in [0.4, 0.5) is 39.5 Å². The lowest BCUT2D eigenvalue weighted by molar-refractivity contribution is -0.287.